The summed E-state index contributed by atoms with van der Waals surface area (Å²) < 4.78 is 25.4. The lowest BCUT2D eigenvalue weighted by molar-refractivity contribution is -0.240. The van der Waals surface area contributed by atoms with Crippen LogP contribution in [0.1, 0.15) is 36.1 Å². The van der Waals surface area contributed by atoms with Gasteiger partial charge in [0.2, 0.25) is 0 Å². The van der Waals surface area contributed by atoms with E-state index >= 15 is 0 Å². The van der Waals surface area contributed by atoms with Crippen molar-refractivity contribution in [3.63, 3.8) is 0 Å². The minimum atomic E-state index is -1.72. The fourth-order valence-electron chi connectivity index (χ4n) is 3.83. The number of benzene rings is 2. The Balaban J connectivity index is 2.02. The summed E-state index contributed by atoms with van der Waals surface area (Å²) in [6.07, 6.45) is -3.86. The molecule has 1 fully saturated rings. The van der Waals surface area contributed by atoms with E-state index in [1.807, 2.05) is 0 Å². The minimum absolute atomic E-state index is 0.0592. The van der Waals surface area contributed by atoms with Crippen LogP contribution in [0, 0.1) is 5.82 Å². The molecule has 10 heteroatoms. The Bertz CT molecular complexity index is 956. The van der Waals surface area contributed by atoms with Crippen molar-refractivity contribution in [1.29, 1.82) is 0 Å². The van der Waals surface area contributed by atoms with Crippen LogP contribution in [-0.2, 0) is 10.4 Å². The third-order valence-electron chi connectivity index (χ3n) is 5.71. The molecule has 8 N–H and O–H groups in total. The van der Waals surface area contributed by atoms with Gasteiger partial charge in [0.15, 0.2) is 11.6 Å². The third-order valence-corrected chi connectivity index (χ3v) is 6.04. The largest absolute Gasteiger partial charge is 0.491 e. The number of hydrogen-bond donors (Lipinski definition) is 6. The zero-order valence-corrected chi connectivity index (χ0v) is 18.3. The van der Waals surface area contributed by atoms with Crippen molar-refractivity contribution in [2.45, 2.75) is 42.9 Å². The highest BCUT2D eigenvalue weighted by Gasteiger charge is 2.46. The van der Waals surface area contributed by atoms with Gasteiger partial charge in [-0.15, -0.1) is 0 Å². The Kier molecular flexibility index (Phi) is 7.43. The summed E-state index contributed by atoms with van der Waals surface area (Å²) in [7, 11) is 0. The summed E-state index contributed by atoms with van der Waals surface area (Å²) in [6, 6.07) is 8.62. The average Bonchev–Trinajstić information content (AvgIpc) is 2.77. The summed E-state index contributed by atoms with van der Waals surface area (Å²) in [5.41, 5.74) is 10.4. The van der Waals surface area contributed by atoms with Gasteiger partial charge in [-0.2, -0.15) is 0 Å². The molecule has 3 atom stereocenters. The van der Waals surface area contributed by atoms with E-state index in [-0.39, 0.29) is 28.3 Å². The quantitative estimate of drug-likeness (QED) is 0.326. The zero-order valence-electron chi connectivity index (χ0n) is 17.5. The maximum atomic E-state index is 14.4. The van der Waals surface area contributed by atoms with E-state index in [0.717, 1.165) is 6.07 Å². The van der Waals surface area contributed by atoms with Gasteiger partial charge in [-0.05, 0) is 42.3 Å². The highest BCUT2D eigenvalue weighted by Crippen LogP contribution is 2.40. The van der Waals surface area contributed by atoms with Crippen LogP contribution in [0.3, 0.4) is 0 Å². The summed E-state index contributed by atoms with van der Waals surface area (Å²) >= 11 is 6.35. The Hall–Kier alpha value is -1.82. The lowest BCUT2D eigenvalue weighted by Gasteiger charge is -2.44. The van der Waals surface area contributed by atoms with Crippen LogP contribution >= 0.6 is 11.6 Å². The van der Waals surface area contributed by atoms with Crippen LogP contribution in [0.15, 0.2) is 36.4 Å². The van der Waals surface area contributed by atoms with Crippen LogP contribution in [0.4, 0.5) is 4.39 Å². The molecule has 0 spiro atoms. The molecule has 8 nitrogen and oxygen atoms in total. The van der Waals surface area contributed by atoms with Gasteiger partial charge in [0.05, 0.1) is 25.9 Å². The number of halogens is 2. The standard InChI is InChI=1S/C22H28ClFN2O6/c1-2-31-18-6-4-13(8-16(18)24)22(25,26)14-7-12(3-5-15(14)23)20-19(30)17(29)9-21(10-27,11-28)32-20/h3-8,17,19-20,27-30H,2,9-11,25-26H2,1H3. The van der Waals surface area contributed by atoms with E-state index in [1.54, 1.807) is 13.0 Å². The van der Waals surface area contributed by atoms with Crippen molar-refractivity contribution in [2.75, 3.05) is 19.8 Å². The normalized spacial score (nSPS) is 23.2. The van der Waals surface area contributed by atoms with Gasteiger partial charge in [-0.3, -0.25) is 0 Å². The average molecular weight is 471 g/mol. The monoisotopic (exact) mass is 470 g/mol. The summed E-state index contributed by atoms with van der Waals surface area (Å²) in [6.45, 7) is 0.899. The molecule has 2 aromatic rings. The molecule has 0 bridgehead atoms. The van der Waals surface area contributed by atoms with E-state index in [4.69, 9.17) is 32.5 Å². The summed E-state index contributed by atoms with van der Waals surface area (Å²) in [5, 5.41) is 40.4. The van der Waals surface area contributed by atoms with Crippen LogP contribution in [0.5, 0.6) is 5.75 Å². The van der Waals surface area contributed by atoms with E-state index in [2.05, 4.69) is 0 Å². The van der Waals surface area contributed by atoms with E-state index in [1.165, 1.54) is 24.3 Å². The lowest BCUT2D eigenvalue weighted by Crippen LogP contribution is -2.54. The van der Waals surface area contributed by atoms with Crippen molar-refractivity contribution < 1.29 is 34.3 Å². The number of hydrogen-bond acceptors (Lipinski definition) is 8. The van der Waals surface area contributed by atoms with Crippen molar-refractivity contribution in [1.82, 2.24) is 0 Å². The molecule has 0 radical (unpaired) electrons. The van der Waals surface area contributed by atoms with Crippen LogP contribution in [0.2, 0.25) is 5.02 Å². The number of nitrogens with two attached hydrogens (primary N) is 2. The molecular weight excluding hydrogens is 443 g/mol. The maximum absolute atomic E-state index is 14.4. The zero-order chi connectivity index (χ0) is 23.7. The molecule has 176 valence electrons. The molecule has 0 aromatic heterocycles. The van der Waals surface area contributed by atoms with Crippen LogP contribution < -0.4 is 16.2 Å². The second-order valence-corrected chi connectivity index (χ2v) is 8.39. The Morgan fingerprint density at radius 2 is 1.88 bits per heavy atom. The van der Waals surface area contributed by atoms with Gasteiger partial charge in [0.1, 0.15) is 23.5 Å². The van der Waals surface area contributed by atoms with Gasteiger partial charge in [0, 0.05) is 17.0 Å². The van der Waals surface area contributed by atoms with Crippen molar-refractivity contribution in [2.24, 2.45) is 11.5 Å². The van der Waals surface area contributed by atoms with E-state index in [0.29, 0.717) is 12.2 Å². The second-order valence-electron chi connectivity index (χ2n) is 7.99. The Morgan fingerprint density at radius 3 is 2.47 bits per heavy atom. The molecule has 32 heavy (non-hydrogen) atoms. The first-order chi connectivity index (χ1) is 15.1. The second kappa shape index (κ2) is 9.58. The summed E-state index contributed by atoms with van der Waals surface area (Å²) in [4.78, 5) is 0. The van der Waals surface area contributed by atoms with Gasteiger partial charge in [-0.1, -0.05) is 23.7 Å². The van der Waals surface area contributed by atoms with Crippen LogP contribution in [-0.4, -0.2) is 58.1 Å². The molecule has 0 amide bonds. The van der Waals surface area contributed by atoms with Crippen molar-refractivity contribution in [3.8, 4) is 5.75 Å². The van der Waals surface area contributed by atoms with Gasteiger partial charge in [0.25, 0.3) is 0 Å². The Labute approximate surface area is 190 Å². The van der Waals surface area contributed by atoms with E-state index < -0.39 is 48.6 Å². The molecular formula is C22H28ClFN2O6. The smallest absolute Gasteiger partial charge is 0.165 e. The molecule has 3 rings (SSSR count). The highest BCUT2D eigenvalue weighted by molar-refractivity contribution is 6.31. The molecule has 1 aliphatic heterocycles. The fraction of sp³-hybridized carbons (Fsp3) is 0.455. The predicted molar refractivity (Wildman–Crippen MR) is 116 cm³/mol. The number of ether oxygens (including phenoxy) is 2. The first-order valence-electron chi connectivity index (χ1n) is 10.1. The van der Waals surface area contributed by atoms with E-state index in [9.17, 15) is 24.8 Å². The molecule has 0 saturated carbocycles. The molecule has 2 aromatic carbocycles. The first-order valence-corrected chi connectivity index (χ1v) is 10.5. The SMILES string of the molecule is CCOc1ccc(C(N)(N)c2cc(C3OC(CO)(CO)CC(O)C3O)ccc2Cl)cc1F. The molecule has 1 aliphatic rings. The maximum Gasteiger partial charge on any atom is 0.165 e. The lowest BCUT2D eigenvalue weighted by atomic mass is 9.84. The number of aliphatic hydroxyl groups excluding tert-OH is 4. The minimum Gasteiger partial charge on any atom is -0.491 e. The van der Waals surface area contributed by atoms with Crippen molar-refractivity contribution >= 4 is 11.6 Å². The van der Waals surface area contributed by atoms with Crippen LogP contribution in [0.25, 0.3) is 0 Å². The van der Waals surface area contributed by atoms with Gasteiger partial charge in [-0.25, -0.2) is 4.39 Å². The molecule has 3 unspecified atom stereocenters. The molecule has 1 saturated heterocycles. The predicted octanol–water partition coefficient (Wildman–Crippen LogP) is 0.903. The van der Waals surface area contributed by atoms with Gasteiger partial charge >= 0.3 is 0 Å². The molecule has 1 heterocycles. The number of rotatable bonds is 7. The first kappa shape index (κ1) is 24.8. The van der Waals surface area contributed by atoms with Gasteiger partial charge < -0.3 is 41.4 Å². The topological polar surface area (TPSA) is 151 Å². The Morgan fingerprint density at radius 1 is 1.19 bits per heavy atom. The third kappa shape index (κ3) is 4.61. The highest BCUT2D eigenvalue weighted by atomic mass is 35.5. The van der Waals surface area contributed by atoms with Crippen molar-refractivity contribution in [3.05, 3.63) is 63.9 Å². The fourth-order valence-corrected chi connectivity index (χ4v) is 4.11. The summed E-state index contributed by atoms with van der Waals surface area (Å²) in [5.74, 6) is -0.578. The molecule has 0 aliphatic carbocycles. The number of aliphatic hydroxyl groups is 4.